The lowest BCUT2D eigenvalue weighted by atomic mass is 10.1. The minimum absolute atomic E-state index is 0.0490. The summed E-state index contributed by atoms with van der Waals surface area (Å²) in [5.41, 5.74) is 1.22. The first-order valence-electron chi connectivity index (χ1n) is 7.00. The number of anilines is 1. The summed E-state index contributed by atoms with van der Waals surface area (Å²) in [4.78, 5) is 37.2. The standard InChI is InChI=1S/C14H19N3O4S/c1-8-9(2)22-13(12(8)14(20)21-3)16-11(19)7-17-5-4-15-10(18)6-17/h4-7H2,1-3H3,(H,15,18)(H,16,19)/p+1. The maximum atomic E-state index is 12.2. The fourth-order valence-electron chi connectivity index (χ4n) is 2.37. The minimum atomic E-state index is -0.457. The molecule has 2 heterocycles. The van der Waals surface area contributed by atoms with Crippen molar-refractivity contribution in [3.05, 3.63) is 16.0 Å². The number of nitrogens with one attached hydrogen (secondary N) is 3. The predicted octanol–water partition coefficient (Wildman–Crippen LogP) is -0.895. The number of esters is 1. The molecule has 2 rings (SSSR count). The molecule has 1 fully saturated rings. The Kier molecular flexibility index (Phi) is 5.15. The second-order valence-electron chi connectivity index (χ2n) is 5.23. The molecule has 0 aromatic carbocycles. The van der Waals surface area contributed by atoms with Gasteiger partial charge in [-0.2, -0.15) is 0 Å². The van der Waals surface area contributed by atoms with Crippen LogP contribution in [0.2, 0.25) is 0 Å². The third-order valence-electron chi connectivity index (χ3n) is 3.65. The van der Waals surface area contributed by atoms with Crippen LogP contribution in [0.15, 0.2) is 0 Å². The smallest absolute Gasteiger partial charge is 0.341 e. The van der Waals surface area contributed by atoms with E-state index in [2.05, 4.69) is 10.6 Å². The van der Waals surface area contributed by atoms with Crippen molar-refractivity contribution in [2.75, 3.05) is 38.6 Å². The van der Waals surface area contributed by atoms with Gasteiger partial charge in [0.1, 0.15) is 5.00 Å². The molecule has 0 radical (unpaired) electrons. The summed E-state index contributed by atoms with van der Waals surface area (Å²) in [5.74, 6) is -0.718. The molecule has 120 valence electrons. The number of ether oxygens (including phenoxy) is 1. The molecule has 22 heavy (non-hydrogen) atoms. The number of quaternary nitrogens is 1. The van der Waals surface area contributed by atoms with Gasteiger partial charge in [0, 0.05) is 4.88 Å². The highest BCUT2D eigenvalue weighted by molar-refractivity contribution is 7.16. The van der Waals surface area contributed by atoms with E-state index >= 15 is 0 Å². The van der Waals surface area contributed by atoms with Gasteiger partial charge in [0.15, 0.2) is 13.1 Å². The molecule has 0 aliphatic carbocycles. The van der Waals surface area contributed by atoms with Crippen LogP contribution in [-0.4, -0.2) is 51.1 Å². The van der Waals surface area contributed by atoms with Crippen LogP contribution in [0.5, 0.6) is 0 Å². The summed E-state index contributed by atoms with van der Waals surface area (Å²) in [5, 5.41) is 6.01. The Hall–Kier alpha value is -1.93. The average molecular weight is 326 g/mol. The number of thiophene rings is 1. The molecule has 7 nitrogen and oxygen atoms in total. The van der Waals surface area contributed by atoms with Crippen molar-refractivity contribution in [1.82, 2.24) is 5.32 Å². The summed E-state index contributed by atoms with van der Waals surface area (Å²) >= 11 is 1.35. The topological polar surface area (TPSA) is 88.9 Å². The Morgan fingerprint density at radius 2 is 2.14 bits per heavy atom. The van der Waals surface area contributed by atoms with Gasteiger partial charge in [0.25, 0.3) is 11.8 Å². The van der Waals surface area contributed by atoms with E-state index in [1.807, 2.05) is 13.8 Å². The molecule has 0 spiro atoms. The third kappa shape index (κ3) is 3.63. The van der Waals surface area contributed by atoms with Gasteiger partial charge in [-0.3, -0.25) is 9.59 Å². The van der Waals surface area contributed by atoms with Crippen LogP contribution in [0, 0.1) is 13.8 Å². The molecular weight excluding hydrogens is 306 g/mol. The van der Waals surface area contributed by atoms with Crippen molar-refractivity contribution in [2.45, 2.75) is 13.8 Å². The number of amides is 2. The largest absolute Gasteiger partial charge is 0.465 e. The quantitative estimate of drug-likeness (QED) is 0.626. The third-order valence-corrected chi connectivity index (χ3v) is 4.77. The van der Waals surface area contributed by atoms with E-state index in [0.717, 1.165) is 15.3 Å². The molecule has 1 atom stereocenters. The van der Waals surface area contributed by atoms with Crippen LogP contribution in [-0.2, 0) is 14.3 Å². The van der Waals surface area contributed by atoms with Crippen molar-refractivity contribution < 1.29 is 24.0 Å². The van der Waals surface area contributed by atoms with Crippen LogP contribution < -0.4 is 15.5 Å². The summed E-state index contributed by atoms with van der Waals surface area (Å²) in [6, 6.07) is 0. The van der Waals surface area contributed by atoms with E-state index in [1.54, 1.807) is 0 Å². The molecule has 1 saturated heterocycles. The number of hydrogen-bond donors (Lipinski definition) is 3. The van der Waals surface area contributed by atoms with Crippen molar-refractivity contribution in [2.24, 2.45) is 0 Å². The highest BCUT2D eigenvalue weighted by Crippen LogP contribution is 2.32. The van der Waals surface area contributed by atoms with E-state index in [0.29, 0.717) is 30.2 Å². The molecule has 1 aliphatic heterocycles. The Labute approximate surface area is 132 Å². The first-order valence-corrected chi connectivity index (χ1v) is 7.82. The number of rotatable bonds is 4. The van der Waals surface area contributed by atoms with Gasteiger partial charge in [-0.25, -0.2) is 4.79 Å². The molecule has 8 heteroatoms. The lowest BCUT2D eigenvalue weighted by molar-refractivity contribution is -0.885. The lowest BCUT2D eigenvalue weighted by Crippen LogP contribution is -3.16. The van der Waals surface area contributed by atoms with Gasteiger partial charge < -0.3 is 20.3 Å². The van der Waals surface area contributed by atoms with Crippen molar-refractivity contribution in [3.63, 3.8) is 0 Å². The lowest BCUT2D eigenvalue weighted by Gasteiger charge is -2.22. The summed E-state index contributed by atoms with van der Waals surface area (Å²) in [7, 11) is 1.32. The van der Waals surface area contributed by atoms with E-state index < -0.39 is 5.97 Å². The number of aryl methyl sites for hydroxylation is 1. The molecule has 1 aromatic rings. The number of hydrogen-bond acceptors (Lipinski definition) is 5. The SMILES string of the molecule is COC(=O)c1c(NC(=O)C[NH+]2CCNC(=O)C2)sc(C)c1C. The Bertz CT molecular complexity index is 611. The summed E-state index contributed by atoms with van der Waals surface area (Å²) in [6.45, 7) is 5.50. The van der Waals surface area contributed by atoms with Gasteiger partial charge >= 0.3 is 5.97 Å². The van der Waals surface area contributed by atoms with Gasteiger partial charge in [-0.15, -0.1) is 11.3 Å². The molecule has 1 unspecified atom stereocenters. The molecule has 1 aromatic heterocycles. The van der Waals surface area contributed by atoms with Crippen LogP contribution in [0.25, 0.3) is 0 Å². The molecular formula is C14H20N3O4S+. The van der Waals surface area contributed by atoms with Crippen LogP contribution in [0.1, 0.15) is 20.8 Å². The zero-order chi connectivity index (χ0) is 16.3. The molecule has 0 saturated carbocycles. The van der Waals surface area contributed by atoms with Crippen LogP contribution in [0.3, 0.4) is 0 Å². The predicted molar refractivity (Wildman–Crippen MR) is 82.3 cm³/mol. The van der Waals surface area contributed by atoms with Crippen molar-refractivity contribution >= 4 is 34.1 Å². The van der Waals surface area contributed by atoms with Gasteiger partial charge in [-0.05, 0) is 19.4 Å². The van der Waals surface area contributed by atoms with Gasteiger partial charge in [0.05, 0.1) is 25.8 Å². The van der Waals surface area contributed by atoms with Crippen molar-refractivity contribution in [1.29, 1.82) is 0 Å². The normalized spacial score (nSPS) is 17.8. The number of piperazine rings is 1. The van der Waals surface area contributed by atoms with Crippen LogP contribution in [0.4, 0.5) is 5.00 Å². The zero-order valence-electron chi connectivity index (χ0n) is 12.9. The van der Waals surface area contributed by atoms with Crippen LogP contribution >= 0.6 is 11.3 Å². The average Bonchev–Trinajstić information content (AvgIpc) is 2.72. The highest BCUT2D eigenvalue weighted by Gasteiger charge is 2.25. The highest BCUT2D eigenvalue weighted by atomic mass is 32.1. The molecule has 3 N–H and O–H groups in total. The molecule has 0 bridgehead atoms. The first kappa shape index (κ1) is 16.4. The Morgan fingerprint density at radius 3 is 2.77 bits per heavy atom. The number of carbonyl (C=O) groups is 3. The number of carbonyl (C=O) groups excluding carboxylic acids is 3. The van der Waals surface area contributed by atoms with Gasteiger partial charge in [-0.1, -0.05) is 0 Å². The van der Waals surface area contributed by atoms with Crippen molar-refractivity contribution in [3.8, 4) is 0 Å². The number of methoxy groups -OCH3 is 1. The maximum absolute atomic E-state index is 12.2. The Morgan fingerprint density at radius 1 is 1.41 bits per heavy atom. The second kappa shape index (κ2) is 6.89. The fraction of sp³-hybridized carbons (Fsp3) is 0.500. The molecule has 1 aliphatic rings. The summed E-state index contributed by atoms with van der Waals surface area (Å²) in [6.07, 6.45) is 0. The maximum Gasteiger partial charge on any atom is 0.341 e. The monoisotopic (exact) mass is 326 g/mol. The van der Waals surface area contributed by atoms with Gasteiger partial charge in [0.2, 0.25) is 0 Å². The fourth-order valence-corrected chi connectivity index (χ4v) is 3.43. The first-order chi connectivity index (χ1) is 10.4. The Balaban J connectivity index is 2.07. The van der Waals surface area contributed by atoms with E-state index in [1.165, 1.54) is 18.4 Å². The minimum Gasteiger partial charge on any atom is -0.465 e. The second-order valence-corrected chi connectivity index (χ2v) is 6.46. The molecule has 2 amide bonds. The van der Waals surface area contributed by atoms with E-state index in [-0.39, 0.29) is 18.4 Å². The van der Waals surface area contributed by atoms with E-state index in [4.69, 9.17) is 4.74 Å². The van der Waals surface area contributed by atoms with E-state index in [9.17, 15) is 14.4 Å². The zero-order valence-corrected chi connectivity index (χ0v) is 13.7. The summed E-state index contributed by atoms with van der Waals surface area (Å²) < 4.78 is 4.77.